The van der Waals surface area contributed by atoms with E-state index in [1.165, 1.54) is 30.8 Å². The van der Waals surface area contributed by atoms with Crippen LogP contribution in [0.2, 0.25) is 0 Å². The fourth-order valence-corrected chi connectivity index (χ4v) is 7.77. The number of hydrogen-bond acceptors (Lipinski definition) is 7. The van der Waals surface area contributed by atoms with Gasteiger partial charge in [-0.15, -0.1) is 11.8 Å². The monoisotopic (exact) mass is 548 g/mol. The number of likely N-dealkylation sites (tertiary alicyclic amines) is 2. The number of H-pyrrole nitrogens is 1. The normalized spacial score (nSPS) is 28.9. The maximum Gasteiger partial charge on any atom is 0.261 e. The number of aromatic nitrogens is 1. The van der Waals surface area contributed by atoms with Gasteiger partial charge in [0.15, 0.2) is 0 Å². The van der Waals surface area contributed by atoms with Crippen LogP contribution in [-0.4, -0.2) is 82.6 Å². The molecule has 0 aromatic carbocycles. The molecule has 0 spiro atoms. The zero-order valence-electron chi connectivity index (χ0n) is 23.2. The minimum Gasteiger partial charge on any atom is -0.381 e. The van der Waals surface area contributed by atoms with Gasteiger partial charge in [0.1, 0.15) is 11.4 Å². The number of nitrogens with zero attached hydrogens (tertiary/aromatic N) is 3. The number of fused-ring (bicyclic) bond motifs is 2. The smallest absolute Gasteiger partial charge is 0.261 e. The van der Waals surface area contributed by atoms with Crippen molar-refractivity contribution in [2.45, 2.75) is 69.8 Å². The lowest BCUT2D eigenvalue weighted by Gasteiger charge is -2.19. The maximum absolute atomic E-state index is 13.2. The molecule has 5 heterocycles. The van der Waals surface area contributed by atoms with E-state index in [0.29, 0.717) is 29.1 Å². The molecule has 39 heavy (non-hydrogen) atoms. The Morgan fingerprint density at radius 2 is 1.97 bits per heavy atom. The molecule has 0 radical (unpaired) electrons. The van der Waals surface area contributed by atoms with Crippen LogP contribution in [0.4, 0.5) is 5.69 Å². The third-order valence-corrected chi connectivity index (χ3v) is 10.0. The quantitative estimate of drug-likeness (QED) is 0.438. The average Bonchev–Trinajstić information content (AvgIpc) is 3.67. The van der Waals surface area contributed by atoms with Crippen LogP contribution in [0.25, 0.3) is 0 Å². The third-order valence-electron chi connectivity index (χ3n) is 8.63. The van der Waals surface area contributed by atoms with Gasteiger partial charge >= 0.3 is 0 Å². The molecule has 5 aliphatic rings. The summed E-state index contributed by atoms with van der Waals surface area (Å²) in [5.41, 5.74) is 3.00. The molecule has 208 valence electrons. The molecule has 8 nitrogen and oxygen atoms in total. The molecular weight excluding hydrogens is 508 g/mol. The molecule has 2 fully saturated rings. The van der Waals surface area contributed by atoms with Crippen LogP contribution in [0.15, 0.2) is 56.3 Å². The van der Waals surface area contributed by atoms with Crippen molar-refractivity contribution in [3.63, 3.8) is 0 Å². The van der Waals surface area contributed by atoms with Crippen molar-refractivity contribution in [2.24, 2.45) is 10.9 Å². The second-order valence-electron chi connectivity index (χ2n) is 11.7. The Morgan fingerprint density at radius 1 is 1.15 bits per heavy atom. The minimum absolute atomic E-state index is 0.118. The zero-order valence-corrected chi connectivity index (χ0v) is 24.0. The lowest BCUT2D eigenvalue weighted by molar-refractivity contribution is -0.124. The maximum atomic E-state index is 13.2. The molecule has 3 N–H and O–H groups in total. The van der Waals surface area contributed by atoms with Crippen LogP contribution in [0.3, 0.4) is 0 Å². The van der Waals surface area contributed by atoms with Gasteiger partial charge in [0.05, 0.1) is 17.8 Å². The second-order valence-corrected chi connectivity index (χ2v) is 13.2. The first-order valence-electron chi connectivity index (χ1n) is 14.5. The van der Waals surface area contributed by atoms with Crippen LogP contribution >= 0.6 is 11.8 Å². The Morgan fingerprint density at radius 3 is 2.74 bits per heavy atom. The average molecular weight is 549 g/mol. The number of thioether (sulfide) groups is 1. The Kier molecular flexibility index (Phi) is 7.46. The highest BCUT2D eigenvalue weighted by Crippen LogP contribution is 2.38. The summed E-state index contributed by atoms with van der Waals surface area (Å²) in [6.07, 6.45) is 12.7. The SMILES string of the molecule is CC(CC1=CC(C)C(C)S1)Nc1cc[nH]c(=O)c1C1=NC2C=C3CN(CCCN4CCCC4)C(=O)C3=CC2N1. The number of rotatable bonds is 9. The van der Waals surface area contributed by atoms with Gasteiger partial charge in [0, 0.05) is 36.2 Å². The molecule has 6 rings (SSSR count). The molecule has 1 aromatic rings. The van der Waals surface area contributed by atoms with Gasteiger partial charge in [-0.2, -0.15) is 0 Å². The van der Waals surface area contributed by atoms with Crippen LogP contribution < -0.4 is 16.2 Å². The van der Waals surface area contributed by atoms with Gasteiger partial charge in [-0.25, -0.2) is 0 Å². The first-order chi connectivity index (χ1) is 18.9. The summed E-state index contributed by atoms with van der Waals surface area (Å²) in [5, 5.41) is 7.63. The first-order valence-corrected chi connectivity index (χ1v) is 15.4. The van der Waals surface area contributed by atoms with E-state index in [0.717, 1.165) is 42.8 Å². The van der Waals surface area contributed by atoms with Gasteiger partial charge < -0.3 is 25.4 Å². The van der Waals surface area contributed by atoms with E-state index in [1.807, 2.05) is 28.8 Å². The van der Waals surface area contributed by atoms with Crippen molar-refractivity contribution in [1.29, 1.82) is 0 Å². The lowest BCUT2D eigenvalue weighted by atomic mass is 9.94. The first kappa shape index (κ1) is 26.4. The van der Waals surface area contributed by atoms with Gasteiger partial charge in [-0.3, -0.25) is 14.6 Å². The summed E-state index contributed by atoms with van der Waals surface area (Å²) in [7, 11) is 0. The molecule has 9 heteroatoms. The summed E-state index contributed by atoms with van der Waals surface area (Å²) in [6, 6.07) is 1.84. The van der Waals surface area contributed by atoms with E-state index < -0.39 is 0 Å². The molecule has 5 atom stereocenters. The number of amides is 1. The van der Waals surface area contributed by atoms with E-state index in [2.05, 4.69) is 53.4 Å². The highest BCUT2D eigenvalue weighted by molar-refractivity contribution is 8.03. The topological polar surface area (TPSA) is 92.8 Å². The third kappa shape index (κ3) is 5.48. The molecule has 1 amide bonds. The summed E-state index contributed by atoms with van der Waals surface area (Å²) < 4.78 is 0. The Balaban J connectivity index is 1.13. The summed E-state index contributed by atoms with van der Waals surface area (Å²) in [5.74, 6) is 1.29. The molecule has 1 aliphatic carbocycles. The molecule has 0 saturated carbocycles. The standard InChI is InChI=1S/C30H40N6O2S/c1-18-13-22(39-20(18)3)14-19(2)32-24-7-8-31-29(37)27(24)28-33-25-15-21-17-36(12-6-11-35-9-4-5-10-35)30(38)23(21)16-26(25)34-28/h7-8,13,15-16,18-20,25-26H,4-6,9-12,14,17H2,1-3H3,(H,33,34)(H2,31,32,37). The van der Waals surface area contributed by atoms with Gasteiger partial charge in [0.25, 0.3) is 11.5 Å². The van der Waals surface area contributed by atoms with Crippen LogP contribution in [0.1, 0.15) is 52.0 Å². The highest BCUT2D eigenvalue weighted by Gasteiger charge is 2.39. The van der Waals surface area contributed by atoms with Crippen molar-refractivity contribution in [1.82, 2.24) is 20.1 Å². The Bertz CT molecular complexity index is 1310. The van der Waals surface area contributed by atoms with Crippen molar-refractivity contribution >= 4 is 29.2 Å². The van der Waals surface area contributed by atoms with Crippen molar-refractivity contribution in [3.8, 4) is 0 Å². The summed E-state index contributed by atoms with van der Waals surface area (Å²) in [4.78, 5) is 39.8. The van der Waals surface area contributed by atoms with E-state index in [1.54, 1.807) is 6.20 Å². The van der Waals surface area contributed by atoms with E-state index in [-0.39, 0.29) is 29.6 Å². The summed E-state index contributed by atoms with van der Waals surface area (Å²) in [6.45, 7) is 11.6. The minimum atomic E-state index is -0.172. The van der Waals surface area contributed by atoms with Crippen LogP contribution in [0.5, 0.6) is 0 Å². The van der Waals surface area contributed by atoms with Gasteiger partial charge in [0.2, 0.25) is 0 Å². The number of carbonyl (C=O) groups is 1. The zero-order chi connectivity index (χ0) is 27.1. The molecule has 1 aromatic heterocycles. The number of allylic oxidation sites excluding steroid dienone is 1. The predicted octanol–water partition coefficient (Wildman–Crippen LogP) is 3.50. The van der Waals surface area contributed by atoms with Crippen LogP contribution in [-0.2, 0) is 4.79 Å². The number of pyridine rings is 1. The molecule has 5 unspecified atom stereocenters. The van der Waals surface area contributed by atoms with Crippen molar-refractivity contribution in [3.05, 3.63) is 62.5 Å². The Labute approximate surface area is 235 Å². The fraction of sp³-hybridized carbons (Fsp3) is 0.567. The van der Waals surface area contributed by atoms with E-state index in [4.69, 9.17) is 4.99 Å². The number of aliphatic imine (C=N–C) groups is 1. The predicted molar refractivity (Wildman–Crippen MR) is 159 cm³/mol. The number of nitrogens with one attached hydrogen (secondary N) is 3. The van der Waals surface area contributed by atoms with Crippen molar-refractivity contribution in [2.75, 3.05) is 38.0 Å². The molecule has 2 saturated heterocycles. The highest BCUT2D eigenvalue weighted by atomic mass is 32.2. The number of amidine groups is 1. The van der Waals surface area contributed by atoms with Crippen molar-refractivity contribution < 1.29 is 4.79 Å². The molecule has 4 aliphatic heterocycles. The van der Waals surface area contributed by atoms with Gasteiger partial charge in [-0.1, -0.05) is 26.0 Å². The number of hydrogen-bond donors (Lipinski definition) is 3. The second kappa shape index (κ2) is 11.0. The Hall–Kier alpha value is -2.78. The van der Waals surface area contributed by atoms with E-state index >= 15 is 0 Å². The van der Waals surface area contributed by atoms with Gasteiger partial charge in [-0.05, 0) is 80.8 Å². The lowest BCUT2D eigenvalue weighted by Crippen LogP contribution is -2.37. The summed E-state index contributed by atoms with van der Waals surface area (Å²) >= 11 is 1.95. The number of anilines is 1. The molecule has 0 bridgehead atoms. The number of carbonyl (C=O) groups excluding carboxylic acids is 1. The number of aromatic amines is 1. The van der Waals surface area contributed by atoms with Crippen LogP contribution in [0, 0.1) is 5.92 Å². The fourth-order valence-electron chi connectivity index (χ4n) is 6.36. The van der Waals surface area contributed by atoms with E-state index in [9.17, 15) is 9.59 Å². The molecular formula is C30H40N6O2S. The largest absolute Gasteiger partial charge is 0.381 e.